The van der Waals surface area contributed by atoms with Gasteiger partial charge in [-0.3, -0.25) is 14.3 Å². The van der Waals surface area contributed by atoms with E-state index in [-0.39, 0.29) is 24.5 Å². The first kappa shape index (κ1) is 22.9. The van der Waals surface area contributed by atoms with Gasteiger partial charge in [0.05, 0.1) is 28.5 Å². The minimum absolute atomic E-state index is 0.114. The van der Waals surface area contributed by atoms with Crippen LogP contribution in [0.25, 0.3) is 11.8 Å². The Morgan fingerprint density at radius 3 is 2.76 bits per heavy atom. The summed E-state index contributed by atoms with van der Waals surface area (Å²) in [4.78, 5) is 36.8. The Kier molecular flexibility index (Phi) is 5.90. The van der Waals surface area contributed by atoms with Gasteiger partial charge in [-0.05, 0) is 42.3 Å². The molecule has 2 aromatic heterocycles. The molecule has 0 N–H and O–H groups in total. The van der Waals surface area contributed by atoms with Crippen molar-refractivity contribution in [3.8, 4) is 11.5 Å². The van der Waals surface area contributed by atoms with Gasteiger partial charge >= 0.3 is 5.97 Å². The molecular weight excluding hydrogens is 490 g/mol. The average molecular weight is 512 g/mol. The number of carbonyl (C=O) groups is 1. The van der Waals surface area contributed by atoms with E-state index in [1.165, 1.54) is 11.3 Å². The lowest BCUT2D eigenvalue weighted by atomic mass is 9.93. The molecule has 1 atom stereocenters. The number of rotatable bonds is 5. The standard InChI is InChI=1S/C28H21N3O5S/c1-2-34-27(33)23-24(18-8-4-3-5-9-18)30-28-31(25(23)19-10-11-20-21(14-19)36-16-35-20)26(32)22(37-28)13-17-7-6-12-29-15-17/h3-15,25H,2,16H2,1H3/b22-13+/t25-/m0/s1. The van der Waals surface area contributed by atoms with E-state index in [0.29, 0.717) is 32.1 Å². The summed E-state index contributed by atoms with van der Waals surface area (Å²) in [6.45, 7) is 2.05. The van der Waals surface area contributed by atoms with E-state index in [1.807, 2.05) is 48.5 Å². The number of pyridine rings is 1. The first-order valence-corrected chi connectivity index (χ1v) is 12.5. The first-order chi connectivity index (χ1) is 18.1. The summed E-state index contributed by atoms with van der Waals surface area (Å²) in [6.07, 6.45) is 5.15. The number of thiazole rings is 1. The summed E-state index contributed by atoms with van der Waals surface area (Å²) in [6, 6.07) is 17.8. The van der Waals surface area contributed by atoms with Gasteiger partial charge in [0.15, 0.2) is 16.3 Å². The fourth-order valence-electron chi connectivity index (χ4n) is 4.45. The molecule has 0 aliphatic carbocycles. The van der Waals surface area contributed by atoms with Crippen LogP contribution in [0, 0.1) is 0 Å². The monoisotopic (exact) mass is 511 g/mol. The lowest BCUT2D eigenvalue weighted by Gasteiger charge is -2.26. The molecule has 0 radical (unpaired) electrons. The third-order valence-electron chi connectivity index (χ3n) is 6.07. The van der Waals surface area contributed by atoms with Crippen LogP contribution in [-0.4, -0.2) is 28.9 Å². The van der Waals surface area contributed by atoms with Gasteiger partial charge in [0.25, 0.3) is 5.56 Å². The fourth-order valence-corrected chi connectivity index (χ4v) is 5.45. The molecule has 6 rings (SSSR count). The van der Waals surface area contributed by atoms with Gasteiger partial charge in [-0.1, -0.05) is 53.8 Å². The Balaban J connectivity index is 1.66. The predicted octanol–water partition coefficient (Wildman–Crippen LogP) is 3.06. The van der Waals surface area contributed by atoms with Gasteiger partial charge < -0.3 is 14.2 Å². The van der Waals surface area contributed by atoms with Crippen molar-refractivity contribution in [2.75, 3.05) is 13.4 Å². The van der Waals surface area contributed by atoms with E-state index in [4.69, 9.17) is 19.2 Å². The number of benzene rings is 2. The van der Waals surface area contributed by atoms with Crippen LogP contribution in [0.1, 0.15) is 29.7 Å². The lowest BCUT2D eigenvalue weighted by Crippen LogP contribution is -2.40. The van der Waals surface area contributed by atoms with Crippen molar-refractivity contribution >= 4 is 29.1 Å². The Morgan fingerprint density at radius 2 is 1.97 bits per heavy atom. The highest BCUT2D eigenvalue weighted by Crippen LogP contribution is 2.39. The molecule has 0 amide bonds. The highest BCUT2D eigenvalue weighted by Gasteiger charge is 2.36. The molecule has 0 saturated heterocycles. The van der Waals surface area contributed by atoms with Gasteiger partial charge in [0, 0.05) is 18.0 Å². The zero-order valence-electron chi connectivity index (χ0n) is 19.8. The van der Waals surface area contributed by atoms with Gasteiger partial charge in [0.1, 0.15) is 0 Å². The highest BCUT2D eigenvalue weighted by molar-refractivity contribution is 7.07. The van der Waals surface area contributed by atoms with E-state index in [2.05, 4.69) is 4.98 Å². The van der Waals surface area contributed by atoms with Crippen LogP contribution in [0.2, 0.25) is 0 Å². The first-order valence-electron chi connectivity index (χ1n) is 11.7. The van der Waals surface area contributed by atoms with Crippen molar-refractivity contribution in [2.45, 2.75) is 13.0 Å². The van der Waals surface area contributed by atoms with Crippen molar-refractivity contribution in [1.82, 2.24) is 9.55 Å². The summed E-state index contributed by atoms with van der Waals surface area (Å²) in [7, 11) is 0. The van der Waals surface area contributed by atoms with Crippen LogP contribution < -0.4 is 24.4 Å². The third kappa shape index (κ3) is 4.13. The highest BCUT2D eigenvalue weighted by atomic mass is 32.1. The Labute approximate surface area is 215 Å². The van der Waals surface area contributed by atoms with Gasteiger partial charge in [-0.15, -0.1) is 0 Å². The van der Waals surface area contributed by atoms with Crippen LogP contribution in [-0.2, 0) is 9.53 Å². The smallest absolute Gasteiger partial charge is 0.338 e. The van der Waals surface area contributed by atoms with Crippen LogP contribution in [0.15, 0.2) is 88.4 Å². The van der Waals surface area contributed by atoms with Gasteiger partial charge in [0.2, 0.25) is 6.79 Å². The number of ether oxygens (including phenoxy) is 3. The molecule has 2 aromatic carbocycles. The zero-order valence-corrected chi connectivity index (χ0v) is 20.6. The van der Waals surface area contributed by atoms with Crippen molar-refractivity contribution in [2.24, 2.45) is 4.99 Å². The number of hydrogen-bond acceptors (Lipinski definition) is 8. The number of fused-ring (bicyclic) bond motifs is 2. The molecule has 8 nitrogen and oxygen atoms in total. The molecule has 0 fully saturated rings. The number of hydrogen-bond donors (Lipinski definition) is 0. The summed E-state index contributed by atoms with van der Waals surface area (Å²) >= 11 is 1.26. The van der Waals surface area contributed by atoms with E-state index in [9.17, 15) is 9.59 Å². The zero-order chi connectivity index (χ0) is 25.4. The largest absolute Gasteiger partial charge is 0.463 e. The molecule has 0 spiro atoms. The second-order valence-electron chi connectivity index (χ2n) is 8.33. The summed E-state index contributed by atoms with van der Waals surface area (Å²) in [5, 5.41) is 0. The minimum atomic E-state index is -0.781. The van der Waals surface area contributed by atoms with Gasteiger partial charge in [-0.2, -0.15) is 0 Å². The Hall–Kier alpha value is -4.50. The molecule has 2 aliphatic heterocycles. The third-order valence-corrected chi connectivity index (χ3v) is 7.05. The quantitative estimate of drug-likeness (QED) is 0.383. The van der Waals surface area contributed by atoms with E-state index >= 15 is 0 Å². The Bertz CT molecular complexity index is 1710. The molecule has 4 aromatic rings. The summed E-state index contributed by atoms with van der Waals surface area (Å²) in [5.74, 6) is 0.628. The number of nitrogens with zero attached hydrogens (tertiary/aromatic N) is 3. The lowest BCUT2D eigenvalue weighted by molar-refractivity contribution is -0.138. The molecule has 2 aliphatic rings. The van der Waals surface area contributed by atoms with Crippen LogP contribution >= 0.6 is 11.3 Å². The molecular formula is C28H21N3O5S. The fraction of sp³-hybridized carbons (Fsp3) is 0.143. The number of aromatic nitrogens is 2. The Morgan fingerprint density at radius 1 is 1.14 bits per heavy atom. The van der Waals surface area contributed by atoms with Crippen LogP contribution in [0.4, 0.5) is 0 Å². The SMILES string of the molecule is CCOC(=O)C1=C(c2ccccc2)N=c2s/c(=C/c3cccnc3)c(=O)n2[C@H]1c1ccc2c(c1)OCO2. The van der Waals surface area contributed by atoms with E-state index in [1.54, 1.807) is 42.1 Å². The van der Waals surface area contributed by atoms with Crippen LogP contribution in [0.3, 0.4) is 0 Å². The van der Waals surface area contributed by atoms with Crippen molar-refractivity contribution in [3.05, 3.63) is 115 Å². The summed E-state index contributed by atoms with van der Waals surface area (Å²) in [5.41, 5.74) is 2.72. The predicted molar refractivity (Wildman–Crippen MR) is 138 cm³/mol. The minimum Gasteiger partial charge on any atom is -0.463 e. The maximum atomic E-state index is 13.8. The molecule has 0 bridgehead atoms. The van der Waals surface area contributed by atoms with Crippen molar-refractivity contribution in [3.63, 3.8) is 0 Å². The van der Waals surface area contributed by atoms with Crippen LogP contribution in [0.5, 0.6) is 11.5 Å². The second kappa shape index (κ2) is 9.51. The second-order valence-corrected chi connectivity index (χ2v) is 9.34. The molecule has 37 heavy (non-hydrogen) atoms. The maximum Gasteiger partial charge on any atom is 0.338 e. The van der Waals surface area contributed by atoms with Crippen molar-refractivity contribution in [1.29, 1.82) is 0 Å². The topological polar surface area (TPSA) is 92.0 Å². The molecule has 9 heteroatoms. The normalized spacial score (nSPS) is 16.4. The maximum absolute atomic E-state index is 13.8. The number of esters is 1. The average Bonchev–Trinajstić information content (AvgIpc) is 3.52. The number of carbonyl (C=O) groups excluding carboxylic acids is 1. The molecule has 4 heterocycles. The van der Waals surface area contributed by atoms with E-state index < -0.39 is 12.0 Å². The molecule has 184 valence electrons. The van der Waals surface area contributed by atoms with Gasteiger partial charge in [-0.25, -0.2) is 9.79 Å². The van der Waals surface area contributed by atoms with E-state index in [0.717, 1.165) is 11.1 Å². The van der Waals surface area contributed by atoms with Crippen molar-refractivity contribution < 1.29 is 19.0 Å². The molecule has 0 unspecified atom stereocenters. The molecule has 0 saturated carbocycles. The summed E-state index contributed by atoms with van der Waals surface area (Å²) < 4.78 is 18.6.